The summed E-state index contributed by atoms with van der Waals surface area (Å²) in [5.74, 6) is 1.06. The Kier molecular flexibility index (Phi) is 7.77. The second-order valence-corrected chi connectivity index (χ2v) is 6.02. The first-order valence-corrected chi connectivity index (χ1v) is 7.81. The van der Waals surface area contributed by atoms with Gasteiger partial charge in [-0.3, -0.25) is 4.79 Å². The molecule has 2 fully saturated rings. The van der Waals surface area contributed by atoms with E-state index in [1.54, 1.807) is 0 Å². The van der Waals surface area contributed by atoms with Crippen LogP contribution in [-0.4, -0.2) is 29.9 Å². The normalized spacial score (nSPS) is 24.9. The van der Waals surface area contributed by atoms with Crippen molar-refractivity contribution < 1.29 is 4.79 Å². The number of hydrogen-bond acceptors (Lipinski definition) is 2. The topological polar surface area (TPSA) is 46.3 Å². The standard InChI is InChI=1S/C15H28N2O.ClH/c16-10-9-14-8-4-5-11-17(14)15(18)12-13-6-2-1-3-7-13;/h13-14H,1-12,16H2;1H. The summed E-state index contributed by atoms with van der Waals surface area (Å²) in [7, 11) is 0. The molecule has 0 bridgehead atoms. The summed E-state index contributed by atoms with van der Waals surface area (Å²) in [6, 6.07) is 0.430. The minimum absolute atomic E-state index is 0. The molecule has 1 saturated heterocycles. The Morgan fingerprint density at radius 3 is 2.42 bits per heavy atom. The lowest BCUT2D eigenvalue weighted by Crippen LogP contribution is -2.45. The number of hydrogen-bond donors (Lipinski definition) is 1. The Labute approximate surface area is 123 Å². The first-order valence-electron chi connectivity index (χ1n) is 7.81. The third kappa shape index (κ3) is 4.96. The predicted molar refractivity (Wildman–Crippen MR) is 81.5 cm³/mol. The van der Waals surface area contributed by atoms with E-state index in [0.29, 0.717) is 24.4 Å². The Balaban J connectivity index is 0.00000180. The fraction of sp³-hybridized carbons (Fsp3) is 0.933. The molecule has 1 aliphatic heterocycles. The molecule has 1 unspecified atom stereocenters. The van der Waals surface area contributed by atoms with Gasteiger partial charge in [0.1, 0.15) is 0 Å². The lowest BCUT2D eigenvalue weighted by atomic mass is 9.86. The molecule has 2 rings (SSSR count). The van der Waals surface area contributed by atoms with Gasteiger partial charge >= 0.3 is 0 Å². The van der Waals surface area contributed by atoms with Crippen molar-refractivity contribution in [3.63, 3.8) is 0 Å². The van der Waals surface area contributed by atoms with Crippen LogP contribution in [0.5, 0.6) is 0 Å². The van der Waals surface area contributed by atoms with Crippen LogP contribution < -0.4 is 5.73 Å². The first-order chi connectivity index (χ1) is 8.81. The number of rotatable bonds is 4. The maximum absolute atomic E-state index is 12.4. The molecule has 0 radical (unpaired) electrons. The van der Waals surface area contributed by atoms with Gasteiger partial charge in [-0.1, -0.05) is 19.3 Å². The number of piperidine rings is 1. The van der Waals surface area contributed by atoms with E-state index in [1.165, 1.54) is 44.9 Å². The zero-order valence-corrected chi connectivity index (χ0v) is 12.8. The van der Waals surface area contributed by atoms with E-state index >= 15 is 0 Å². The fourth-order valence-electron chi connectivity index (χ4n) is 3.58. The highest BCUT2D eigenvalue weighted by molar-refractivity contribution is 5.85. The van der Waals surface area contributed by atoms with Crippen molar-refractivity contribution in [3.05, 3.63) is 0 Å². The number of nitrogens with two attached hydrogens (primary N) is 1. The Hall–Kier alpha value is -0.280. The van der Waals surface area contributed by atoms with Gasteiger partial charge in [0.05, 0.1) is 0 Å². The third-order valence-electron chi connectivity index (χ3n) is 4.64. The lowest BCUT2D eigenvalue weighted by molar-refractivity contribution is -0.136. The molecular formula is C15H29ClN2O. The van der Waals surface area contributed by atoms with Crippen LogP contribution in [0.3, 0.4) is 0 Å². The predicted octanol–water partition coefficient (Wildman–Crippen LogP) is 3.11. The van der Waals surface area contributed by atoms with Gasteiger partial charge in [-0.05, 0) is 51.0 Å². The Bertz CT molecular complexity index is 265. The van der Waals surface area contributed by atoms with Crippen LogP contribution in [0.4, 0.5) is 0 Å². The van der Waals surface area contributed by atoms with Crippen molar-refractivity contribution in [3.8, 4) is 0 Å². The van der Waals surface area contributed by atoms with Crippen molar-refractivity contribution in [2.24, 2.45) is 11.7 Å². The second kappa shape index (κ2) is 8.80. The molecule has 1 atom stereocenters. The van der Waals surface area contributed by atoms with Gasteiger partial charge in [-0.25, -0.2) is 0 Å². The maximum atomic E-state index is 12.4. The average Bonchev–Trinajstić information content (AvgIpc) is 2.41. The van der Waals surface area contributed by atoms with Crippen LogP contribution in [0.1, 0.15) is 64.2 Å². The molecule has 0 spiro atoms. The molecule has 1 saturated carbocycles. The van der Waals surface area contributed by atoms with E-state index in [4.69, 9.17) is 5.73 Å². The summed E-state index contributed by atoms with van der Waals surface area (Å²) >= 11 is 0. The molecule has 2 aliphatic rings. The molecule has 0 aromatic carbocycles. The van der Waals surface area contributed by atoms with Crippen LogP contribution in [0.15, 0.2) is 0 Å². The monoisotopic (exact) mass is 288 g/mol. The molecule has 3 nitrogen and oxygen atoms in total. The maximum Gasteiger partial charge on any atom is 0.223 e. The quantitative estimate of drug-likeness (QED) is 0.864. The number of carbonyl (C=O) groups excluding carboxylic acids is 1. The number of carbonyl (C=O) groups is 1. The summed E-state index contributed by atoms with van der Waals surface area (Å²) in [5.41, 5.74) is 5.67. The van der Waals surface area contributed by atoms with Crippen LogP contribution >= 0.6 is 12.4 Å². The summed E-state index contributed by atoms with van der Waals surface area (Å²) in [5, 5.41) is 0. The lowest BCUT2D eigenvalue weighted by Gasteiger charge is -2.37. The van der Waals surface area contributed by atoms with Crippen LogP contribution in [-0.2, 0) is 4.79 Å². The molecule has 2 N–H and O–H groups in total. The Morgan fingerprint density at radius 2 is 1.74 bits per heavy atom. The highest BCUT2D eigenvalue weighted by Crippen LogP contribution is 2.28. The SMILES string of the molecule is Cl.NCCC1CCCCN1C(=O)CC1CCCCC1. The van der Waals surface area contributed by atoms with Crippen molar-refractivity contribution in [1.29, 1.82) is 0 Å². The molecule has 112 valence electrons. The number of halogens is 1. The minimum Gasteiger partial charge on any atom is -0.340 e. The van der Waals surface area contributed by atoms with Crippen molar-refractivity contribution >= 4 is 18.3 Å². The highest BCUT2D eigenvalue weighted by atomic mass is 35.5. The molecule has 1 amide bonds. The third-order valence-corrected chi connectivity index (χ3v) is 4.64. The average molecular weight is 289 g/mol. The van der Waals surface area contributed by atoms with Crippen LogP contribution in [0.25, 0.3) is 0 Å². The summed E-state index contributed by atoms with van der Waals surface area (Å²) in [6.07, 6.45) is 11.9. The largest absolute Gasteiger partial charge is 0.340 e. The van der Waals surface area contributed by atoms with E-state index < -0.39 is 0 Å². The molecule has 0 aromatic heterocycles. The molecule has 4 heteroatoms. The first kappa shape index (κ1) is 16.8. The van der Waals surface area contributed by atoms with Crippen LogP contribution in [0.2, 0.25) is 0 Å². The number of nitrogens with zero attached hydrogens (tertiary/aromatic N) is 1. The molecule has 19 heavy (non-hydrogen) atoms. The van der Waals surface area contributed by atoms with E-state index in [0.717, 1.165) is 25.8 Å². The van der Waals surface area contributed by atoms with E-state index in [9.17, 15) is 4.79 Å². The molecular weight excluding hydrogens is 260 g/mol. The van der Waals surface area contributed by atoms with Crippen molar-refractivity contribution in [2.75, 3.05) is 13.1 Å². The second-order valence-electron chi connectivity index (χ2n) is 6.02. The number of likely N-dealkylation sites (tertiary alicyclic amines) is 1. The highest BCUT2D eigenvalue weighted by Gasteiger charge is 2.27. The van der Waals surface area contributed by atoms with Gasteiger partial charge in [0.2, 0.25) is 5.91 Å². The van der Waals surface area contributed by atoms with Gasteiger partial charge < -0.3 is 10.6 Å². The molecule has 1 aliphatic carbocycles. The van der Waals surface area contributed by atoms with Crippen molar-refractivity contribution in [1.82, 2.24) is 4.90 Å². The van der Waals surface area contributed by atoms with Crippen LogP contribution in [0, 0.1) is 5.92 Å². The van der Waals surface area contributed by atoms with Gasteiger partial charge in [-0.2, -0.15) is 0 Å². The molecule has 1 heterocycles. The summed E-state index contributed by atoms with van der Waals surface area (Å²) in [6.45, 7) is 1.67. The van der Waals surface area contributed by atoms with Crippen molar-refractivity contribution in [2.45, 2.75) is 70.3 Å². The van der Waals surface area contributed by atoms with Gasteiger partial charge in [0, 0.05) is 19.0 Å². The zero-order valence-electron chi connectivity index (χ0n) is 12.0. The minimum atomic E-state index is 0. The van der Waals surface area contributed by atoms with Gasteiger partial charge in [0.15, 0.2) is 0 Å². The van der Waals surface area contributed by atoms with E-state index in [1.807, 2.05) is 0 Å². The fourth-order valence-corrected chi connectivity index (χ4v) is 3.58. The summed E-state index contributed by atoms with van der Waals surface area (Å²) in [4.78, 5) is 14.6. The molecule has 0 aromatic rings. The smallest absolute Gasteiger partial charge is 0.223 e. The van der Waals surface area contributed by atoms with Gasteiger partial charge in [0.25, 0.3) is 0 Å². The summed E-state index contributed by atoms with van der Waals surface area (Å²) < 4.78 is 0. The van der Waals surface area contributed by atoms with E-state index in [-0.39, 0.29) is 12.4 Å². The number of amides is 1. The van der Waals surface area contributed by atoms with Gasteiger partial charge in [-0.15, -0.1) is 12.4 Å². The van der Waals surface area contributed by atoms with E-state index in [2.05, 4.69) is 4.90 Å². The Morgan fingerprint density at radius 1 is 1.05 bits per heavy atom. The zero-order chi connectivity index (χ0) is 12.8.